The van der Waals surface area contributed by atoms with Gasteiger partial charge in [-0.1, -0.05) is 25.1 Å². The molecule has 0 saturated carbocycles. The number of aromatic nitrogens is 1. The van der Waals surface area contributed by atoms with E-state index in [0.717, 1.165) is 52.1 Å². The summed E-state index contributed by atoms with van der Waals surface area (Å²) < 4.78 is 10.6. The summed E-state index contributed by atoms with van der Waals surface area (Å²) >= 11 is 1.58. The minimum atomic E-state index is 0.00683. The number of anilines is 2. The summed E-state index contributed by atoms with van der Waals surface area (Å²) in [6.45, 7) is 2.60. The van der Waals surface area contributed by atoms with Gasteiger partial charge in [0, 0.05) is 29.6 Å². The lowest BCUT2D eigenvalue weighted by Gasteiger charge is -2.09. The smallest absolute Gasteiger partial charge is 0.224 e. The molecule has 29 heavy (non-hydrogen) atoms. The van der Waals surface area contributed by atoms with Crippen molar-refractivity contribution >= 4 is 28.1 Å². The van der Waals surface area contributed by atoms with Crippen LogP contribution in [0.2, 0.25) is 0 Å². The summed E-state index contributed by atoms with van der Waals surface area (Å²) in [5.41, 5.74) is 3.89. The summed E-state index contributed by atoms with van der Waals surface area (Å²) in [5, 5.41) is 9.13. The van der Waals surface area contributed by atoms with Crippen molar-refractivity contribution in [1.82, 2.24) is 4.98 Å². The van der Waals surface area contributed by atoms with Gasteiger partial charge in [-0.25, -0.2) is 4.98 Å². The fourth-order valence-electron chi connectivity index (χ4n) is 2.81. The predicted molar refractivity (Wildman–Crippen MR) is 118 cm³/mol. The van der Waals surface area contributed by atoms with Crippen molar-refractivity contribution in [1.29, 1.82) is 0 Å². The van der Waals surface area contributed by atoms with Crippen LogP contribution in [0, 0.1) is 0 Å². The van der Waals surface area contributed by atoms with Gasteiger partial charge in [-0.2, -0.15) is 0 Å². The van der Waals surface area contributed by atoms with Crippen LogP contribution in [0.1, 0.15) is 18.9 Å². The molecule has 0 bridgehead atoms. The van der Waals surface area contributed by atoms with Crippen LogP contribution in [-0.4, -0.2) is 31.7 Å². The van der Waals surface area contributed by atoms with Crippen LogP contribution >= 0.6 is 11.3 Å². The van der Waals surface area contributed by atoms with Crippen LogP contribution in [-0.2, 0) is 11.2 Å². The van der Waals surface area contributed by atoms with Crippen molar-refractivity contribution in [2.24, 2.45) is 0 Å². The third-order valence-corrected chi connectivity index (χ3v) is 5.23. The number of amides is 1. The normalized spacial score (nSPS) is 10.4. The summed E-state index contributed by atoms with van der Waals surface area (Å²) in [6, 6.07) is 13.7. The second-order valence-electron chi connectivity index (χ2n) is 6.38. The SMILES string of the molecule is CCC(=O)Nc1ccc(-c2csc(NCCc3ccc(OC)c(OC)c3)n2)cc1. The van der Waals surface area contributed by atoms with Crippen LogP contribution in [0.5, 0.6) is 11.5 Å². The Labute approximate surface area is 174 Å². The molecular formula is C22H25N3O3S. The van der Waals surface area contributed by atoms with Crippen LogP contribution in [0.4, 0.5) is 10.8 Å². The molecule has 152 valence electrons. The Hall–Kier alpha value is -3.06. The molecule has 6 nitrogen and oxygen atoms in total. The van der Waals surface area contributed by atoms with Gasteiger partial charge in [0.1, 0.15) is 0 Å². The van der Waals surface area contributed by atoms with E-state index in [1.165, 1.54) is 0 Å². The third-order valence-electron chi connectivity index (χ3n) is 4.43. The van der Waals surface area contributed by atoms with Crippen molar-refractivity contribution in [2.45, 2.75) is 19.8 Å². The minimum absolute atomic E-state index is 0.00683. The summed E-state index contributed by atoms with van der Waals surface area (Å²) in [6.07, 6.45) is 1.31. The van der Waals surface area contributed by atoms with Crippen molar-refractivity contribution < 1.29 is 14.3 Å². The van der Waals surface area contributed by atoms with Gasteiger partial charge in [0.05, 0.1) is 19.9 Å². The molecule has 2 N–H and O–H groups in total. The average Bonchev–Trinajstić information content (AvgIpc) is 3.23. The van der Waals surface area contributed by atoms with Gasteiger partial charge in [-0.05, 0) is 36.2 Å². The third kappa shape index (κ3) is 5.48. The molecule has 0 radical (unpaired) electrons. The zero-order valence-electron chi connectivity index (χ0n) is 16.8. The van der Waals surface area contributed by atoms with Gasteiger partial charge < -0.3 is 20.1 Å². The van der Waals surface area contributed by atoms with E-state index >= 15 is 0 Å². The molecule has 7 heteroatoms. The van der Waals surface area contributed by atoms with Crippen LogP contribution in [0.3, 0.4) is 0 Å². The lowest BCUT2D eigenvalue weighted by molar-refractivity contribution is -0.115. The zero-order valence-corrected chi connectivity index (χ0v) is 17.6. The number of carbonyl (C=O) groups excluding carboxylic acids is 1. The summed E-state index contributed by atoms with van der Waals surface area (Å²) in [4.78, 5) is 16.1. The van der Waals surface area contributed by atoms with E-state index in [4.69, 9.17) is 9.47 Å². The van der Waals surface area contributed by atoms with E-state index in [2.05, 4.69) is 15.6 Å². The topological polar surface area (TPSA) is 72.5 Å². The van der Waals surface area contributed by atoms with E-state index in [1.54, 1.807) is 25.6 Å². The van der Waals surface area contributed by atoms with Gasteiger partial charge in [0.25, 0.3) is 0 Å². The Morgan fingerprint density at radius 3 is 2.52 bits per heavy atom. The molecule has 0 fully saturated rings. The first kappa shape index (κ1) is 20.7. The number of hydrogen-bond acceptors (Lipinski definition) is 6. The first-order valence-electron chi connectivity index (χ1n) is 9.43. The number of hydrogen-bond donors (Lipinski definition) is 2. The Morgan fingerprint density at radius 1 is 1.07 bits per heavy atom. The summed E-state index contributed by atoms with van der Waals surface area (Å²) in [7, 11) is 3.27. The largest absolute Gasteiger partial charge is 0.493 e. The predicted octanol–water partition coefficient (Wildman–Crippen LogP) is 4.83. The standard InChI is InChI=1S/C22H25N3O3S/c1-4-21(26)24-17-8-6-16(7-9-17)18-14-29-22(25-18)23-12-11-15-5-10-19(27-2)20(13-15)28-3/h5-10,13-14H,4,11-12H2,1-3H3,(H,23,25)(H,24,26). The number of nitrogens with one attached hydrogen (secondary N) is 2. The van der Waals surface area contributed by atoms with Gasteiger partial charge in [-0.15, -0.1) is 11.3 Å². The number of carbonyl (C=O) groups is 1. The molecule has 0 aliphatic rings. The first-order chi connectivity index (χ1) is 14.1. The fourth-order valence-corrected chi connectivity index (χ4v) is 3.56. The van der Waals surface area contributed by atoms with Crippen LogP contribution in [0.15, 0.2) is 47.8 Å². The monoisotopic (exact) mass is 411 g/mol. The number of nitrogens with zero attached hydrogens (tertiary/aromatic N) is 1. The Kier molecular flexibility index (Phi) is 7.08. The highest BCUT2D eigenvalue weighted by Crippen LogP contribution is 2.28. The van der Waals surface area contributed by atoms with Crippen LogP contribution in [0.25, 0.3) is 11.3 Å². The van der Waals surface area contributed by atoms with Gasteiger partial charge >= 0.3 is 0 Å². The Bertz CT molecular complexity index is 954. The van der Waals surface area contributed by atoms with E-state index < -0.39 is 0 Å². The van der Waals surface area contributed by atoms with E-state index in [0.29, 0.717) is 6.42 Å². The Morgan fingerprint density at radius 2 is 1.83 bits per heavy atom. The molecule has 1 aromatic heterocycles. The summed E-state index contributed by atoms with van der Waals surface area (Å²) in [5.74, 6) is 1.47. The van der Waals surface area contributed by atoms with Crippen molar-refractivity contribution in [2.75, 3.05) is 31.4 Å². The number of benzene rings is 2. The van der Waals surface area contributed by atoms with E-state index in [-0.39, 0.29) is 5.91 Å². The maximum absolute atomic E-state index is 11.5. The molecule has 2 aromatic carbocycles. The Balaban J connectivity index is 1.56. The van der Waals surface area contributed by atoms with Gasteiger partial charge in [-0.3, -0.25) is 4.79 Å². The molecular weight excluding hydrogens is 386 g/mol. The first-order valence-corrected chi connectivity index (χ1v) is 10.3. The second kappa shape index (κ2) is 9.93. The maximum atomic E-state index is 11.5. The van der Waals surface area contributed by atoms with Crippen molar-refractivity contribution in [3.63, 3.8) is 0 Å². The molecule has 0 spiro atoms. The molecule has 0 atom stereocenters. The van der Waals surface area contributed by atoms with Crippen molar-refractivity contribution in [3.8, 4) is 22.8 Å². The highest BCUT2D eigenvalue weighted by Gasteiger charge is 2.07. The molecule has 0 aliphatic heterocycles. The lowest BCUT2D eigenvalue weighted by Crippen LogP contribution is -2.09. The van der Waals surface area contributed by atoms with E-state index in [9.17, 15) is 4.79 Å². The minimum Gasteiger partial charge on any atom is -0.493 e. The molecule has 1 heterocycles. The maximum Gasteiger partial charge on any atom is 0.224 e. The van der Waals surface area contributed by atoms with Gasteiger partial charge in [0.15, 0.2) is 16.6 Å². The van der Waals surface area contributed by atoms with E-state index in [1.807, 2.05) is 54.8 Å². The molecule has 3 aromatic rings. The quantitative estimate of drug-likeness (QED) is 0.528. The lowest BCUT2D eigenvalue weighted by atomic mass is 10.1. The zero-order chi connectivity index (χ0) is 20.6. The molecule has 0 unspecified atom stereocenters. The number of methoxy groups -OCH3 is 2. The molecule has 3 rings (SSSR count). The highest BCUT2D eigenvalue weighted by molar-refractivity contribution is 7.14. The fraction of sp³-hybridized carbons (Fsp3) is 0.273. The molecule has 0 aliphatic carbocycles. The molecule has 0 saturated heterocycles. The number of rotatable bonds is 9. The average molecular weight is 412 g/mol. The van der Waals surface area contributed by atoms with Crippen molar-refractivity contribution in [3.05, 3.63) is 53.4 Å². The van der Waals surface area contributed by atoms with Gasteiger partial charge in [0.2, 0.25) is 5.91 Å². The number of thiazole rings is 1. The number of ether oxygens (including phenoxy) is 2. The highest BCUT2D eigenvalue weighted by atomic mass is 32.1. The molecule has 1 amide bonds. The second-order valence-corrected chi connectivity index (χ2v) is 7.24. The van der Waals surface area contributed by atoms with Crippen LogP contribution < -0.4 is 20.1 Å².